The third kappa shape index (κ3) is 7.32. The molecule has 0 N–H and O–H groups in total. The zero-order valence-electron chi connectivity index (χ0n) is 34.7. The molecule has 0 aliphatic carbocycles. The van der Waals surface area contributed by atoms with Gasteiger partial charge in [-0.2, -0.15) is 0 Å². The van der Waals surface area contributed by atoms with Crippen molar-refractivity contribution in [2.24, 2.45) is 0 Å². The van der Waals surface area contributed by atoms with E-state index >= 15 is 0 Å². The van der Waals surface area contributed by atoms with Gasteiger partial charge >= 0.3 is 0 Å². The fourth-order valence-corrected chi connectivity index (χ4v) is 8.98. The monoisotopic (exact) mass is 805 g/mol. The second-order valence-corrected chi connectivity index (χ2v) is 15.8. The normalized spacial score (nSPS) is 11.2. The number of hydrogen-bond acceptors (Lipinski definition) is 3. The number of anilines is 9. The Bertz CT molecular complexity index is 3340. The molecule has 0 spiro atoms. The van der Waals surface area contributed by atoms with Crippen molar-refractivity contribution >= 4 is 83.5 Å². The first-order valence-electron chi connectivity index (χ1n) is 21.5. The molecule has 0 fully saturated rings. The summed E-state index contributed by atoms with van der Waals surface area (Å²) in [6.07, 6.45) is 0. The van der Waals surface area contributed by atoms with E-state index in [0.717, 1.165) is 62.3 Å². The third-order valence-corrected chi connectivity index (χ3v) is 11.9. The van der Waals surface area contributed by atoms with E-state index in [2.05, 4.69) is 276 Å². The molecule has 298 valence electrons. The van der Waals surface area contributed by atoms with Crippen molar-refractivity contribution < 1.29 is 0 Å². The fourth-order valence-electron chi connectivity index (χ4n) is 8.98. The lowest BCUT2D eigenvalue weighted by atomic mass is 10.00. The van der Waals surface area contributed by atoms with E-state index < -0.39 is 0 Å². The number of rotatable bonds is 10. The van der Waals surface area contributed by atoms with E-state index in [1.807, 2.05) is 0 Å². The second-order valence-electron chi connectivity index (χ2n) is 15.8. The summed E-state index contributed by atoms with van der Waals surface area (Å²) in [6, 6.07) is 94.0. The largest absolute Gasteiger partial charge is 0.310 e. The van der Waals surface area contributed by atoms with Gasteiger partial charge in [0, 0.05) is 50.6 Å². The average molecular weight is 806 g/mol. The van der Waals surface area contributed by atoms with Gasteiger partial charge in [-0.15, -0.1) is 0 Å². The SMILES string of the molecule is c1ccc(N(c2cc(-c3ccc(N(c4ccccc4)c4cccc5ccccc45)cc3)cc(N(c3ccccc3)c3cccc4ccccc34)c2)c2ccc3ccccc3c2)cc1. The maximum atomic E-state index is 2.41. The van der Waals surface area contributed by atoms with Crippen molar-refractivity contribution in [1.29, 1.82) is 0 Å². The third-order valence-electron chi connectivity index (χ3n) is 11.9. The predicted octanol–water partition coefficient (Wildman–Crippen LogP) is 17.2. The standard InChI is InChI=1S/C60H43N3/c1-4-24-50(25-5-1)61(54-39-36-44-18-10-11-21-48(44)40-54)55-41-49(42-56(43-55)63(52-28-8-3-9-29-52)60-33-17-23-47-20-13-15-31-58(47)60)45-34-37-53(38-35-45)62(51-26-6-2-7-27-51)59-32-16-22-46-19-12-14-30-57(46)59/h1-43H. The highest BCUT2D eigenvalue weighted by Gasteiger charge is 2.22. The minimum Gasteiger partial charge on any atom is -0.310 e. The minimum absolute atomic E-state index is 1.05. The van der Waals surface area contributed by atoms with Crippen LogP contribution in [0.25, 0.3) is 43.4 Å². The van der Waals surface area contributed by atoms with Crippen molar-refractivity contribution in [3.8, 4) is 11.1 Å². The summed E-state index contributed by atoms with van der Waals surface area (Å²) in [6.45, 7) is 0. The van der Waals surface area contributed by atoms with Crippen molar-refractivity contribution in [3.05, 3.63) is 261 Å². The van der Waals surface area contributed by atoms with Gasteiger partial charge in [0.1, 0.15) is 0 Å². The van der Waals surface area contributed by atoms with Crippen LogP contribution in [-0.4, -0.2) is 0 Å². The quantitative estimate of drug-likeness (QED) is 0.136. The molecule has 3 nitrogen and oxygen atoms in total. The van der Waals surface area contributed by atoms with Gasteiger partial charge in [-0.25, -0.2) is 0 Å². The molecule has 0 saturated heterocycles. The lowest BCUT2D eigenvalue weighted by Gasteiger charge is -2.31. The van der Waals surface area contributed by atoms with Crippen molar-refractivity contribution in [3.63, 3.8) is 0 Å². The van der Waals surface area contributed by atoms with Gasteiger partial charge in [0.25, 0.3) is 0 Å². The Hall–Kier alpha value is -8.40. The van der Waals surface area contributed by atoms with Crippen LogP contribution in [0.4, 0.5) is 51.2 Å². The van der Waals surface area contributed by atoms with Crippen LogP contribution in [-0.2, 0) is 0 Å². The zero-order chi connectivity index (χ0) is 42.0. The number of benzene rings is 11. The van der Waals surface area contributed by atoms with Gasteiger partial charge in [-0.1, -0.05) is 170 Å². The highest BCUT2D eigenvalue weighted by Crippen LogP contribution is 2.46. The first-order chi connectivity index (χ1) is 31.2. The van der Waals surface area contributed by atoms with Crippen LogP contribution in [0.2, 0.25) is 0 Å². The van der Waals surface area contributed by atoms with Crippen LogP contribution in [0.3, 0.4) is 0 Å². The van der Waals surface area contributed by atoms with E-state index in [-0.39, 0.29) is 0 Å². The van der Waals surface area contributed by atoms with Crippen LogP contribution in [0, 0.1) is 0 Å². The first-order valence-corrected chi connectivity index (χ1v) is 21.5. The molecule has 0 radical (unpaired) electrons. The van der Waals surface area contributed by atoms with Gasteiger partial charge < -0.3 is 14.7 Å². The molecular weight excluding hydrogens is 763 g/mol. The van der Waals surface area contributed by atoms with Gasteiger partial charge in [-0.05, 0) is 124 Å². The highest BCUT2D eigenvalue weighted by atomic mass is 15.2. The summed E-state index contributed by atoms with van der Waals surface area (Å²) in [5, 5.41) is 7.19. The Kier molecular flexibility index (Phi) is 9.89. The molecule has 0 heterocycles. The van der Waals surface area contributed by atoms with Crippen LogP contribution in [0.5, 0.6) is 0 Å². The van der Waals surface area contributed by atoms with Crippen molar-refractivity contribution in [1.82, 2.24) is 0 Å². The molecule has 0 aliphatic heterocycles. The van der Waals surface area contributed by atoms with Crippen LogP contribution < -0.4 is 14.7 Å². The predicted molar refractivity (Wildman–Crippen MR) is 268 cm³/mol. The van der Waals surface area contributed by atoms with Crippen LogP contribution in [0.1, 0.15) is 0 Å². The smallest absolute Gasteiger partial charge is 0.0540 e. The molecule has 0 bridgehead atoms. The molecule has 3 heteroatoms. The summed E-state index contributed by atoms with van der Waals surface area (Å²) >= 11 is 0. The Morgan fingerprint density at radius 3 is 1.14 bits per heavy atom. The fraction of sp³-hybridized carbons (Fsp3) is 0. The highest BCUT2D eigenvalue weighted by molar-refractivity contribution is 6.01. The van der Waals surface area contributed by atoms with Gasteiger partial charge in [0.15, 0.2) is 0 Å². The van der Waals surface area contributed by atoms with E-state index in [1.165, 1.54) is 32.3 Å². The van der Waals surface area contributed by atoms with Gasteiger partial charge in [0.05, 0.1) is 11.4 Å². The Labute approximate surface area is 368 Å². The molecule has 63 heavy (non-hydrogen) atoms. The van der Waals surface area contributed by atoms with Crippen LogP contribution in [0.15, 0.2) is 261 Å². The number of fused-ring (bicyclic) bond motifs is 3. The number of hydrogen-bond donors (Lipinski definition) is 0. The second kappa shape index (κ2) is 16.6. The molecule has 11 aromatic rings. The topological polar surface area (TPSA) is 9.72 Å². The molecule has 0 unspecified atom stereocenters. The first kappa shape index (κ1) is 37.6. The van der Waals surface area contributed by atoms with Crippen LogP contribution >= 0.6 is 0 Å². The summed E-state index contributed by atoms with van der Waals surface area (Å²) in [7, 11) is 0. The summed E-state index contributed by atoms with van der Waals surface area (Å²) in [4.78, 5) is 7.16. The minimum atomic E-state index is 1.05. The molecule has 11 rings (SSSR count). The Balaban J connectivity index is 1.13. The number of para-hydroxylation sites is 3. The summed E-state index contributed by atoms with van der Waals surface area (Å²) < 4.78 is 0. The van der Waals surface area contributed by atoms with E-state index in [0.29, 0.717) is 0 Å². The molecule has 0 aliphatic rings. The summed E-state index contributed by atoms with van der Waals surface area (Å²) in [5.41, 5.74) is 12.0. The Morgan fingerprint density at radius 2 is 0.587 bits per heavy atom. The zero-order valence-corrected chi connectivity index (χ0v) is 34.7. The molecule has 11 aromatic carbocycles. The molecular formula is C60H43N3. The maximum Gasteiger partial charge on any atom is 0.0540 e. The average Bonchev–Trinajstić information content (AvgIpc) is 3.35. The van der Waals surface area contributed by atoms with Gasteiger partial charge in [0.2, 0.25) is 0 Å². The molecule has 0 saturated carbocycles. The number of nitrogens with zero attached hydrogens (tertiary/aromatic N) is 3. The van der Waals surface area contributed by atoms with Crippen molar-refractivity contribution in [2.75, 3.05) is 14.7 Å². The maximum absolute atomic E-state index is 2.41. The summed E-state index contributed by atoms with van der Waals surface area (Å²) in [5.74, 6) is 0. The molecule has 0 amide bonds. The van der Waals surface area contributed by atoms with Gasteiger partial charge in [-0.3, -0.25) is 0 Å². The molecule has 0 atom stereocenters. The van der Waals surface area contributed by atoms with E-state index in [1.54, 1.807) is 0 Å². The van der Waals surface area contributed by atoms with E-state index in [9.17, 15) is 0 Å². The molecule has 0 aromatic heterocycles. The van der Waals surface area contributed by atoms with E-state index in [4.69, 9.17) is 0 Å². The van der Waals surface area contributed by atoms with Crippen molar-refractivity contribution in [2.45, 2.75) is 0 Å². The lowest BCUT2D eigenvalue weighted by Crippen LogP contribution is -2.14. The Morgan fingerprint density at radius 1 is 0.190 bits per heavy atom. The lowest BCUT2D eigenvalue weighted by molar-refractivity contribution is 1.26.